The van der Waals surface area contributed by atoms with Gasteiger partial charge in [0.1, 0.15) is 24.5 Å². The highest BCUT2D eigenvalue weighted by molar-refractivity contribution is 6.29. The highest BCUT2D eigenvalue weighted by Crippen LogP contribution is 2.36. The van der Waals surface area contributed by atoms with Crippen LogP contribution in [0.2, 0.25) is 0 Å². The van der Waals surface area contributed by atoms with Crippen molar-refractivity contribution in [3.05, 3.63) is 24.8 Å². The lowest BCUT2D eigenvalue weighted by Crippen LogP contribution is -2.37. The second-order valence-electron chi connectivity index (χ2n) is 6.60. The number of hydrogen-bond donors (Lipinski definition) is 0. The molecule has 2 heterocycles. The molecule has 0 aliphatic heterocycles. The standard InChI is InChI=1S/C16H23ClN6O2/c1-16(2,3)25-15-13(14(21(4)5)18-10-19-15)23(12(24)9-17)11-22-8-6-7-20-22/h6-8,10H,9,11H2,1-5H3. The molecule has 0 saturated heterocycles. The minimum atomic E-state index is -0.492. The van der Waals surface area contributed by atoms with Crippen molar-refractivity contribution in [1.29, 1.82) is 0 Å². The van der Waals surface area contributed by atoms with Gasteiger partial charge in [0.15, 0.2) is 11.5 Å². The zero-order valence-electron chi connectivity index (χ0n) is 15.1. The summed E-state index contributed by atoms with van der Waals surface area (Å²) >= 11 is 5.84. The number of carbonyl (C=O) groups excluding carboxylic acids is 1. The fourth-order valence-corrected chi connectivity index (χ4v) is 2.30. The Morgan fingerprint density at radius 1 is 1.32 bits per heavy atom. The molecule has 2 rings (SSSR count). The first-order chi connectivity index (χ1) is 11.7. The second-order valence-corrected chi connectivity index (χ2v) is 6.87. The molecule has 2 aromatic heterocycles. The number of nitrogens with zero attached hydrogens (tertiary/aromatic N) is 6. The Morgan fingerprint density at radius 2 is 2.04 bits per heavy atom. The summed E-state index contributed by atoms with van der Waals surface area (Å²) in [4.78, 5) is 24.4. The van der Waals surface area contributed by atoms with Gasteiger partial charge in [-0.05, 0) is 26.8 Å². The van der Waals surface area contributed by atoms with Crippen LogP contribution >= 0.6 is 11.6 Å². The maximum Gasteiger partial charge on any atom is 0.244 e. The predicted octanol–water partition coefficient (Wildman–Crippen LogP) is 2.15. The number of anilines is 2. The second kappa shape index (κ2) is 7.69. The van der Waals surface area contributed by atoms with Crippen LogP contribution < -0.4 is 14.5 Å². The SMILES string of the molecule is CN(C)c1ncnc(OC(C)(C)C)c1N(Cn1cccn1)C(=O)CCl. The summed E-state index contributed by atoms with van der Waals surface area (Å²) in [6.07, 6.45) is 4.82. The third-order valence-electron chi connectivity index (χ3n) is 3.13. The Balaban J connectivity index is 2.58. The molecule has 0 fully saturated rings. The van der Waals surface area contributed by atoms with Crippen molar-refractivity contribution in [1.82, 2.24) is 19.7 Å². The van der Waals surface area contributed by atoms with Gasteiger partial charge < -0.3 is 9.64 Å². The summed E-state index contributed by atoms with van der Waals surface area (Å²) < 4.78 is 7.60. The normalized spacial score (nSPS) is 11.3. The highest BCUT2D eigenvalue weighted by atomic mass is 35.5. The lowest BCUT2D eigenvalue weighted by Gasteiger charge is -2.30. The van der Waals surface area contributed by atoms with E-state index in [0.717, 1.165) is 0 Å². The van der Waals surface area contributed by atoms with Crippen molar-refractivity contribution in [2.75, 3.05) is 29.8 Å². The molecule has 0 saturated carbocycles. The van der Waals surface area contributed by atoms with Crippen molar-refractivity contribution in [2.24, 2.45) is 0 Å². The van der Waals surface area contributed by atoms with Crippen LogP contribution in [0.1, 0.15) is 20.8 Å². The van der Waals surface area contributed by atoms with Crippen molar-refractivity contribution >= 4 is 29.0 Å². The first-order valence-corrected chi connectivity index (χ1v) is 8.31. The van der Waals surface area contributed by atoms with E-state index in [0.29, 0.717) is 17.4 Å². The number of amides is 1. The topological polar surface area (TPSA) is 76.4 Å². The van der Waals surface area contributed by atoms with E-state index < -0.39 is 5.60 Å². The van der Waals surface area contributed by atoms with Gasteiger partial charge in [0.25, 0.3) is 0 Å². The minimum absolute atomic E-state index is 0.174. The Kier molecular flexibility index (Phi) is 5.84. The average Bonchev–Trinajstić information content (AvgIpc) is 3.03. The van der Waals surface area contributed by atoms with Crippen LogP contribution in [0.25, 0.3) is 0 Å². The molecule has 1 amide bonds. The molecule has 0 atom stereocenters. The van der Waals surface area contributed by atoms with Crippen LogP contribution in [-0.2, 0) is 11.5 Å². The van der Waals surface area contributed by atoms with Crippen LogP contribution in [0.4, 0.5) is 11.5 Å². The summed E-state index contributed by atoms with van der Waals surface area (Å²) in [5, 5.41) is 4.16. The quantitative estimate of drug-likeness (QED) is 0.729. The molecule has 9 heteroatoms. The Morgan fingerprint density at radius 3 is 2.56 bits per heavy atom. The molecular formula is C16H23ClN6O2. The van der Waals surface area contributed by atoms with Gasteiger partial charge in [0.05, 0.1) is 0 Å². The molecule has 0 bridgehead atoms. The predicted molar refractivity (Wildman–Crippen MR) is 97.2 cm³/mol. The van der Waals surface area contributed by atoms with Crippen LogP contribution in [0.3, 0.4) is 0 Å². The third-order valence-corrected chi connectivity index (χ3v) is 3.36. The Hall–Kier alpha value is -2.35. The number of rotatable bonds is 6. The number of aromatic nitrogens is 4. The summed E-state index contributed by atoms with van der Waals surface area (Å²) in [6.45, 7) is 5.91. The van der Waals surface area contributed by atoms with E-state index in [4.69, 9.17) is 16.3 Å². The van der Waals surface area contributed by atoms with Gasteiger partial charge in [-0.1, -0.05) is 0 Å². The molecule has 2 aromatic rings. The first-order valence-electron chi connectivity index (χ1n) is 7.78. The van der Waals surface area contributed by atoms with E-state index >= 15 is 0 Å². The van der Waals surface area contributed by atoms with E-state index in [1.54, 1.807) is 28.0 Å². The highest BCUT2D eigenvalue weighted by Gasteiger charge is 2.28. The van der Waals surface area contributed by atoms with E-state index in [1.165, 1.54) is 11.2 Å². The number of alkyl halides is 1. The largest absolute Gasteiger partial charge is 0.470 e. The minimum Gasteiger partial charge on any atom is -0.470 e. The number of ether oxygens (including phenoxy) is 1. The lowest BCUT2D eigenvalue weighted by atomic mass is 10.2. The van der Waals surface area contributed by atoms with Gasteiger partial charge in [0.2, 0.25) is 11.8 Å². The fraction of sp³-hybridized carbons (Fsp3) is 0.500. The van der Waals surface area contributed by atoms with Gasteiger partial charge in [-0.15, -0.1) is 11.6 Å². The number of carbonyl (C=O) groups is 1. The smallest absolute Gasteiger partial charge is 0.244 e. The van der Waals surface area contributed by atoms with E-state index in [-0.39, 0.29) is 18.5 Å². The Bertz CT molecular complexity index is 712. The van der Waals surface area contributed by atoms with Crippen LogP contribution in [0.5, 0.6) is 5.88 Å². The third kappa shape index (κ3) is 4.82. The monoisotopic (exact) mass is 366 g/mol. The number of halogens is 1. The molecule has 0 N–H and O–H groups in total. The maximum absolute atomic E-state index is 12.6. The molecule has 0 aliphatic rings. The van der Waals surface area contributed by atoms with Gasteiger partial charge in [0, 0.05) is 26.5 Å². The van der Waals surface area contributed by atoms with E-state index in [9.17, 15) is 4.79 Å². The molecule has 0 spiro atoms. The van der Waals surface area contributed by atoms with Gasteiger partial charge >= 0.3 is 0 Å². The molecule has 136 valence electrons. The van der Waals surface area contributed by atoms with Crippen molar-refractivity contribution in [3.63, 3.8) is 0 Å². The van der Waals surface area contributed by atoms with Crippen LogP contribution in [-0.4, -0.2) is 51.2 Å². The molecular weight excluding hydrogens is 344 g/mol. The molecule has 0 aliphatic carbocycles. The van der Waals surface area contributed by atoms with Gasteiger partial charge in [-0.25, -0.2) is 4.98 Å². The van der Waals surface area contributed by atoms with Crippen molar-refractivity contribution in [3.8, 4) is 5.88 Å². The summed E-state index contributed by atoms with van der Waals surface area (Å²) in [5.41, 5.74) is -0.0304. The maximum atomic E-state index is 12.6. The molecule has 0 aromatic carbocycles. The number of hydrogen-bond acceptors (Lipinski definition) is 6. The van der Waals surface area contributed by atoms with Crippen molar-refractivity contribution < 1.29 is 9.53 Å². The zero-order valence-corrected chi connectivity index (χ0v) is 15.9. The zero-order chi connectivity index (χ0) is 18.6. The molecule has 8 nitrogen and oxygen atoms in total. The summed E-state index contributed by atoms with van der Waals surface area (Å²) in [6, 6.07) is 1.78. The Labute approximate surface area is 152 Å². The summed E-state index contributed by atoms with van der Waals surface area (Å²) in [5.74, 6) is 0.392. The van der Waals surface area contributed by atoms with Crippen LogP contribution in [0.15, 0.2) is 24.8 Å². The summed E-state index contributed by atoms with van der Waals surface area (Å²) in [7, 11) is 3.67. The fourth-order valence-electron chi connectivity index (χ4n) is 2.16. The van der Waals surface area contributed by atoms with Gasteiger partial charge in [-0.2, -0.15) is 10.1 Å². The van der Waals surface area contributed by atoms with Crippen molar-refractivity contribution in [2.45, 2.75) is 33.0 Å². The molecule has 25 heavy (non-hydrogen) atoms. The lowest BCUT2D eigenvalue weighted by molar-refractivity contribution is -0.116. The van der Waals surface area contributed by atoms with Crippen LogP contribution in [0, 0.1) is 0 Å². The molecule has 0 unspecified atom stereocenters. The van der Waals surface area contributed by atoms with E-state index in [2.05, 4.69) is 15.1 Å². The first kappa shape index (κ1) is 19.0. The molecule has 0 radical (unpaired) electrons. The average molecular weight is 367 g/mol. The van der Waals surface area contributed by atoms with E-state index in [1.807, 2.05) is 34.9 Å². The van der Waals surface area contributed by atoms with Gasteiger partial charge in [-0.3, -0.25) is 14.4 Å².